The molecule has 0 radical (unpaired) electrons. The molecular weight excluding hydrogens is 244 g/mol. The van der Waals surface area contributed by atoms with Crippen LogP contribution in [-0.4, -0.2) is 27.1 Å². The Bertz CT molecular complexity index is 480. The summed E-state index contributed by atoms with van der Waals surface area (Å²) < 4.78 is 16.1. The number of carbonyl (C=O) groups excluding carboxylic acids is 1. The van der Waals surface area contributed by atoms with Crippen LogP contribution in [0.2, 0.25) is 0 Å². The average Bonchev–Trinajstić information content (AvgIpc) is 2.42. The van der Waals surface area contributed by atoms with Crippen LogP contribution in [0.25, 0.3) is 0 Å². The summed E-state index contributed by atoms with van der Waals surface area (Å²) in [5.41, 5.74) is 1.67. The lowest BCUT2D eigenvalue weighted by Gasteiger charge is -2.20. The number of carbonyl (C=O) groups is 1. The Morgan fingerprint density at radius 2 is 1.58 bits per heavy atom. The van der Waals surface area contributed by atoms with Crippen molar-refractivity contribution < 1.29 is 19.0 Å². The summed E-state index contributed by atoms with van der Waals surface area (Å²) in [5.74, 6) is 1.91. The lowest BCUT2D eigenvalue weighted by molar-refractivity contribution is 0.0975. The van der Waals surface area contributed by atoms with Gasteiger partial charge in [0, 0.05) is 17.5 Å². The molecular formula is C15H20O4. The monoisotopic (exact) mass is 264 g/mol. The quantitative estimate of drug-likeness (QED) is 0.841. The largest absolute Gasteiger partial charge is 0.493 e. The molecule has 0 amide bonds. The van der Waals surface area contributed by atoms with E-state index in [4.69, 9.17) is 14.2 Å². The van der Waals surface area contributed by atoms with E-state index < -0.39 is 0 Å². The molecule has 0 aliphatic heterocycles. The fraction of sp³-hybridized carbons (Fsp3) is 0.533. The minimum absolute atomic E-state index is 0.161. The van der Waals surface area contributed by atoms with Gasteiger partial charge < -0.3 is 14.2 Å². The second-order valence-corrected chi connectivity index (χ2v) is 4.66. The number of methoxy groups -OCH3 is 3. The van der Waals surface area contributed by atoms with Crippen molar-refractivity contribution in [1.29, 1.82) is 0 Å². The van der Waals surface area contributed by atoms with E-state index in [2.05, 4.69) is 0 Å². The number of hydrogen-bond donors (Lipinski definition) is 0. The molecule has 0 aromatic heterocycles. The van der Waals surface area contributed by atoms with Crippen LogP contribution in [0.3, 0.4) is 0 Å². The van der Waals surface area contributed by atoms with Gasteiger partial charge >= 0.3 is 0 Å². The zero-order valence-electron chi connectivity index (χ0n) is 11.7. The first kappa shape index (κ1) is 13.7. The number of ether oxygens (including phenoxy) is 3. The van der Waals surface area contributed by atoms with Crippen molar-refractivity contribution in [2.45, 2.75) is 32.1 Å². The van der Waals surface area contributed by atoms with E-state index in [0.29, 0.717) is 29.2 Å². The zero-order valence-corrected chi connectivity index (χ0v) is 11.7. The van der Waals surface area contributed by atoms with Crippen molar-refractivity contribution in [1.82, 2.24) is 0 Å². The standard InChI is InChI=1S/C15H20O4/c1-17-13-9-11-10(14(18-2)15(13)19-3)7-5-4-6-8-12(11)16/h9H,4-8H2,1-3H3. The van der Waals surface area contributed by atoms with Gasteiger partial charge in [-0.25, -0.2) is 0 Å². The van der Waals surface area contributed by atoms with Crippen LogP contribution in [0.4, 0.5) is 0 Å². The Kier molecular flexibility index (Phi) is 4.30. The van der Waals surface area contributed by atoms with E-state index in [1.54, 1.807) is 27.4 Å². The molecule has 4 heteroatoms. The summed E-state index contributed by atoms with van der Waals surface area (Å²) in [6.07, 6.45) is 4.51. The van der Waals surface area contributed by atoms with Gasteiger partial charge in [0.25, 0.3) is 0 Å². The lowest BCUT2D eigenvalue weighted by Crippen LogP contribution is -2.10. The number of benzene rings is 1. The van der Waals surface area contributed by atoms with Crippen LogP contribution >= 0.6 is 0 Å². The number of hydrogen-bond acceptors (Lipinski definition) is 4. The highest BCUT2D eigenvalue weighted by Crippen LogP contribution is 2.43. The predicted molar refractivity (Wildman–Crippen MR) is 72.6 cm³/mol. The molecule has 0 saturated carbocycles. The third kappa shape index (κ3) is 2.53. The smallest absolute Gasteiger partial charge is 0.203 e. The lowest BCUT2D eigenvalue weighted by atomic mass is 9.91. The van der Waals surface area contributed by atoms with Crippen molar-refractivity contribution in [3.8, 4) is 17.2 Å². The molecule has 0 saturated heterocycles. The third-order valence-corrected chi connectivity index (χ3v) is 3.56. The van der Waals surface area contributed by atoms with Crippen LogP contribution < -0.4 is 14.2 Å². The second kappa shape index (κ2) is 5.95. The van der Waals surface area contributed by atoms with Gasteiger partial charge in [0.2, 0.25) is 5.75 Å². The Morgan fingerprint density at radius 3 is 2.21 bits per heavy atom. The molecule has 1 aliphatic carbocycles. The maximum atomic E-state index is 12.2. The molecule has 0 fully saturated rings. The van der Waals surface area contributed by atoms with Gasteiger partial charge in [0.05, 0.1) is 21.3 Å². The molecule has 0 unspecified atom stereocenters. The summed E-state index contributed by atoms with van der Waals surface area (Å²) in [7, 11) is 4.75. The van der Waals surface area contributed by atoms with Crippen LogP contribution in [0, 0.1) is 0 Å². The molecule has 1 aromatic carbocycles. The SMILES string of the molecule is COc1cc2c(c(OC)c1OC)CCCCCC2=O. The summed E-state index contributed by atoms with van der Waals surface area (Å²) in [6.45, 7) is 0. The van der Waals surface area contributed by atoms with Gasteiger partial charge in [-0.3, -0.25) is 4.79 Å². The van der Waals surface area contributed by atoms with Crippen LogP contribution in [-0.2, 0) is 6.42 Å². The highest BCUT2D eigenvalue weighted by Gasteiger charge is 2.24. The van der Waals surface area contributed by atoms with Gasteiger partial charge in [-0.1, -0.05) is 6.42 Å². The Labute approximate surface area is 113 Å². The molecule has 104 valence electrons. The summed E-state index contributed by atoms with van der Waals surface area (Å²) in [6, 6.07) is 1.78. The zero-order chi connectivity index (χ0) is 13.8. The minimum Gasteiger partial charge on any atom is -0.493 e. The highest BCUT2D eigenvalue weighted by molar-refractivity contribution is 5.99. The topological polar surface area (TPSA) is 44.8 Å². The van der Waals surface area contributed by atoms with Gasteiger partial charge in [-0.05, 0) is 25.3 Å². The predicted octanol–water partition coefficient (Wildman–Crippen LogP) is 3.01. The van der Waals surface area contributed by atoms with Gasteiger partial charge in [0.15, 0.2) is 17.3 Å². The summed E-state index contributed by atoms with van der Waals surface area (Å²) in [5, 5.41) is 0. The Hall–Kier alpha value is -1.71. The highest BCUT2D eigenvalue weighted by atomic mass is 16.5. The second-order valence-electron chi connectivity index (χ2n) is 4.66. The number of rotatable bonds is 3. The first-order chi connectivity index (χ1) is 9.22. The Morgan fingerprint density at radius 1 is 0.895 bits per heavy atom. The molecule has 19 heavy (non-hydrogen) atoms. The molecule has 4 nitrogen and oxygen atoms in total. The van der Waals surface area contributed by atoms with Crippen molar-refractivity contribution in [2.75, 3.05) is 21.3 Å². The third-order valence-electron chi connectivity index (χ3n) is 3.56. The maximum absolute atomic E-state index is 12.2. The molecule has 0 atom stereocenters. The molecule has 0 heterocycles. The van der Waals surface area contributed by atoms with Crippen molar-refractivity contribution >= 4 is 5.78 Å². The normalized spacial score (nSPS) is 15.2. The average molecular weight is 264 g/mol. The fourth-order valence-corrected chi connectivity index (χ4v) is 2.61. The first-order valence-corrected chi connectivity index (χ1v) is 6.58. The minimum atomic E-state index is 0.161. The fourth-order valence-electron chi connectivity index (χ4n) is 2.61. The Balaban J connectivity index is 2.64. The summed E-state index contributed by atoms with van der Waals surface area (Å²) in [4.78, 5) is 12.2. The van der Waals surface area contributed by atoms with Crippen LogP contribution in [0.1, 0.15) is 41.6 Å². The van der Waals surface area contributed by atoms with E-state index >= 15 is 0 Å². The van der Waals surface area contributed by atoms with E-state index in [0.717, 1.165) is 31.2 Å². The first-order valence-electron chi connectivity index (χ1n) is 6.58. The molecule has 0 N–H and O–H groups in total. The number of ketones is 1. The molecule has 2 rings (SSSR count). The van der Waals surface area contributed by atoms with Crippen LogP contribution in [0.15, 0.2) is 6.07 Å². The van der Waals surface area contributed by atoms with Crippen molar-refractivity contribution in [3.63, 3.8) is 0 Å². The van der Waals surface area contributed by atoms with Gasteiger partial charge in [-0.15, -0.1) is 0 Å². The number of fused-ring (bicyclic) bond motifs is 1. The van der Waals surface area contributed by atoms with Crippen molar-refractivity contribution in [2.24, 2.45) is 0 Å². The van der Waals surface area contributed by atoms with E-state index in [9.17, 15) is 4.79 Å². The molecule has 1 aromatic rings. The van der Waals surface area contributed by atoms with Gasteiger partial charge in [-0.2, -0.15) is 0 Å². The van der Waals surface area contributed by atoms with Crippen molar-refractivity contribution in [3.05, 3.63) is 17.2 Å². The molecule has 1 aliphatic rings. The maximum Gasteiger partial charge on any atom is 0.203 e. The van der Waals surface area contributed by atoms with Gasteiger partial charge in [0.1, 0.15) is 0 Å². The van der Waals surface area contributed by atoms with E-state index in [1.807, 2.05) is 0 Å². The van der Waals surface area contributed by atoms with E-state index in [1.165, 1.54) is 0 Å². The van der Waals surface area contributed by atoms with Crippen LogP contribution in [0.5, 0.6) is 17.2 Å². The number of Topliss-reactive ketones (excluding diaryl/α,β-unsaturated/α-hetero) is 1. The molecule has 0 spiro atoms. The summed E-state index contributed by atoms with van der Waals surface area (Å²) >= 11 is 0. The molecule has 0 bridgehead atoms. The van der Waals surface area contributed by atoms with E-state index in [-0.39, 0.29) is 5.78 Å².